The van der Waals surface area contributed by atoms with E-state index in [4.69, 9.17) is 19.3 Å². The van der Waals surface area contributed by atoms with Crippen LogP contribution >= 0.6 is 15.6 Å². The number of aliphatic hydroxyl groups excluding tert-OH is 1. The Hall–Kier alpha value is -0.0900. The van der Waals surface area contributed by atoms with E-state index < -0.39 is 80.0 Å². The number of fused-ring (bicyclic) bond motifs is 5. The van der Waals surface area contributed by atoms with Crippen LogP contribution in [0.5, 0.6) is 0 Å². The number of ether oxygens (including phenoxy) is 2. The molecule has 3 unspecified atom stereocenters. The average Bonchev–Trinajstić information content (AvgIpc) is 3.13. The van der Waals surface area contributed by atoms with E-state index in [2.05, 4.69) is 4.31 Å². The molecule has 4 rings (SSSR count). The Morgan fingerprint density at radius 3 is 2.09 bits per heavy atom. The number of esters is 2. The average molecular weight is 727 g/mol. The summed E-state index contributed by atoms with van der Waals surface area (Å²) in [6.45, 7) is 8.05. The third-order valence-electron chi connectivity index (χ3n) is 10.0. The van der Waals surface area contributed by atoms with Gasteiger partial charge in [-0.1, -0.05) is 39.3 Å². The van der Waals surface area contributed by atoms with E-state index >= 15 is 4.39 Å². The SMILES string of the molecule is CCC(=O)OCC(=O)[C@@]1(OC(=O)CC)[C@@H](C)C[C@H]2[C@@H]3CCC4=CC(=O)C=C[C@]4(C)C3(F)[C@@H](O)C[C@@]21C.O=P([O-])(O)OP(=O)([O-])O.[Na+].[Na+]. The molecular formula is C28H39FNa2O14P2. The number of phosphoric acid groups is 2. The predicted octanol–water partition coefficient (Wildman–Crippen LogP) is -4.25. The van der Waals surface area contributed by atoms with Gasteiger partial charge in [-0.25, -0.2) is 8.70 Å². The molecule has 3 fully saturated rings. The summed E-state index contributed by atoms with van der Waals surface area (Å²) < 4.78 is 50.2. The van der Waals surface area contributed by atoms with Gasteiger partial charge < -0.3 is 34.2 Å². The number of carbonyl (C=O) groups excluding carboxylic acids is 4. The molecule has 254 valence electrons. The van der Waals surface area contributed by atoms with Gasteiger partial charge in [0.05, 0.1) is 6.10 Å². The fraction of sp³-hybridized carbons (Fsp3) is 0.714. The van der Waals surface area contributed by atoms with Crippen LogP contribution in [0, 0.1) is 28.6 Å². The summed E-state index contributed by atoms with van der Waals surface area (Å²) in [6.07, 6.45) is 4.32. The molecular weight excluding hydrogens is 687 g/mol. The van der Waals surface area contributed by atoms with Gasteiger partial charge in [-0.2, -0.15) is 0 Å². The third kappa shape index (κ3) is 8.52. The second-order valence-corrected chi connectivity index (χ2v) is 14.9. The quantitative estimate of drug-likeness (QED) is 0.122. The Morgan fingerprint density at radius 2 is 1.60 bits per heavy atom. The maximum absolute atomic E-state index is 17.4. The van der Waals surface area contributed by atoms with Gasteiger partial charge in [-0.05, 0) is 50.7 Å². The summed E-state index contributed by atoms with van der Waals surface area (Å²) in [7, 11) is -10.7. The second kappa shape index (κ2) is 16.1. The molecule has 4 aliphatic carbocycles. The fourth-order valence-corrected chi connectivity index (χ4v) is 9.18. The maximum Gasteiger partial charge on any atom is 1.00 e. The van der Waals surface area contributed by atoms with Crippen molar-refractivity contribution in [3.8, 4) is 0 Å². The molecule has 3 saturated carbocycles. The van der Waals surface area contributed by atoms with E-state index in [1.165, 1.54) is 12.2 Å². The summed E-state index contributed by atoms with van der Waals surface area (Å²) in [6, 6.07) is 0. The topological polar surface area (TPSA) is 237 Å². The van der Waals surface area contributed by atoms with Gasteiger partial charge in [0.1, 0.15) is 0 Å². The minimum absolute atomic E-state index is 0. The van der Waals surface area contributed by atoms with E-state index in [9.17, 15) is 43.2 Å². The molecule has 0 aromatic carbocycles. The van der Waals surface area contributed by atoms with Gasteiger partial charge in [0.25, 0.3) is 15.6 Å². The number of alkyl halides is 1. The van der Waals surface area contributed by atoms with Crippen LogP contribution in [0.2, 0.25) is 0 Å². The standard InChI is InChI=1S/C28H37FO7.2Na.H4O7P2/c1-6-23(33)35-15-22(32)28(36-24(34)7-2)16(3)12-20-19-9-8-17-13-18(30)10-11-25(17,4)27(19,29)21(31)14-26(20,28)5;;;1-8(2,3)7-9(4,5)6/h10-11,13,16,19-21,31H,6-9,12,14-15H2,1-5H3;;;(H2,1,2,3)(H2,4,5,6)/q;2*+1;/p-2/t16-,19-,20-,21-,25-,26-,27?,28-;;;/m0.../s1. The summed E-state index contributed by atoms with van der Waals surface area (Å²) in [5.74, 6) is -3.31. The summed E-state index contributed by atoms with van der Waals surface area (Å²) in [5, 5.41) is 11.5. The molecule has 0 aliphatic heterocycles. The Morgan fingerprint density at radius 1 is 1.04 bits per heavy atom. The van der Waals surface area contributed by atoms with Gasteiger partial charge in [-0.3, -0.25) is 28.3 Å². The molecule has 47 heavy (non-hydrogen) atoms. The number of hydrogen-bond acceptors (Lipinski definition) is 12. The first-order valence-electron chi connectivity index (χ1n) is 14.5. The minimum Gasteiger partial charge on any atom is -0.756 e. The smallest absolute Gasteiger partial charge is 0.756 e. The molecule has 10 atom stereocenters. The zero-order valence-electron chi connectivity index (χ0n) is 27.6. The molecule has 0 aromatic rings. The largest absolute Gasteiger partial charge is 1.00 e. The number of ketones is 2. The molecule has 0 amide bonds. The minimum atomic E-state index is -5.36. The Bertz CT molecular complexity index is 1380. The van der Waals surface area contributed by atoms with Crippen molar-refractivity contribution in [1.82, 2.24) is 0 Å². The second-order valence-electron chi connectivity index (χ2n) is 12.4. The molecule has 4 aliphatic rings. The van der Waals surface area contributed by atoms with Gasteiger partial charge in [-0.15, -0.1) is 0 Å². The molecule has 19 heteroatoms. The Balaban J connectivity index is 0.000000883. The number of allylic oxidation sites excluding steroid dienone is 4. The Labute approximate surface area is 316 Å². The van der Waals surface area contributed by atoms with Crippen LogP contribution in [0.25, 0.3) is 0 Å². The van der Waals surface area contributed by atoms with Gasteiger partial charge in [0.2, 0.25) is 5.78 Å². The van der Waals surface area contributed by atoms with Crippen LogP contribution in [-0.2, 0) is 42.1 Å². The molecule has 14 nitrogen and oxygen atoms in total. The maximum atomic E-state index is 17.4. The molecule has 3 N–H and O–H groups in total. The van der Waals surface area contributed by atoms with Crippen molar-refractivity contribution in [2.75, 3.05) is 6.61 Å². The van der Waals surface area contributed by atoms with Crippen molar-refractivity contribution in [1.29, 1.82) is 0 Å². The predicted molar refractivity (Wildman–Crippen MR) is 149 cm³/mol. The van der Waals surface area contributed by atoms with Crippen molar-refractivity contribution >= 4 is 39.2 Å². The van der Waals surface area contributed by atoms with Crippen LogP contribution < -0.4 is 68.9 Å². The van der Waals surface area contributed by atoms with E-state index in [0.29, 0.717) is 24.8 Å². The summed E-state index contributed by atoms with van der Waals surface area (Å²) >= 11 is 0. The van der Waals surface area contributed by atoms with Gasteiger partial charge in [0.15, 0.2) is 23.7 Å². The van der Waals surface area contributed by atoms with Crippen LogP contribution in [-0.4, -0.2) is 62.4 Å². The normalized spacial score (nSPS) is 37.7. The third-order valence-corrected chi connectivity index (χ3v) is 11.7. The van der Waals surface area contributed by atoms with Crippen LogP contribution in [0.15, 0.2) is 23.8 Å². The first-order chi connectivity index (χ1) is 20.5. The monoisotopic (exact) mass is 726 g/mol. The zero-order chi connectivity index (χ0) is 34.4. The van der Waals surface area contributed by atoms with E-state index in [-0.39, 0.29) is 90.1 Å². The van der Waals surface area contributed by atoms with Crippen molar-refractivity contribution in [2.24, 2.45) is 28.6 Å². The summed E-state index contributed by atoms with van der Waals surface area (Å²) in [4.78, 5) is 84.5. The van der Waals surface area contributed by atoms with E-state index in [1.54, 1.807) is 33.8 Å². The fourth-order valence-electron chi connectivity index (χ4n) is 8.14. The number of hydrogen-bond donors (Lipinski definition) is 3. The molecule has 0 saturated heterocycles. The molecule has 0 heterocycles. The van der Waals surface area contributed by atoms with Crippen molar-refractivity contribution in [3.05, 3.63) is 23.8 Å². The molecule has 0 spiro atoms. The van der Waals surface area contributed by atoms with Crippen LogP contribution in [0.3, 0.4) is 0 Å². The number of aliphatic hydroxyl groups is 1. The Kier molecular flexibility index (Phi) is 15.4. The first kappa shape index (κ1) is 44.9. The van der Waals surface area contributed by atoms with Crippen molar-refractivity contribution < 1.29 is 130 Å². The summed E-state index contributed by atoms with van der Waals surface area (Å²) in [5.41, 5.74) is -5.26. The molecule has 0 aromatic heterocycles. The first-order valence-corrected chi connectivity index (χ1v) is 17.5. The zero-order valence-corrected chi connectivity index (χ0v) is 33.4. The molecule has 0 bridgehead atoms. The number of carbonyl (C=O) groups is 4. The number of rotatable bonds is 8. The van der Waals surface area contributed by atoms with Crippen molar-refractivity contribution in [3.63, 3.8) is 0 Å². The van der Waals surface area contributed by atoms with E-state index in [1.807, 2.05) is 6.92 Å². The van der Waals surface area contributed by atoms with E-state index in [0.717, 1.165) is 0 Å². The number of Topliss-reactive ketones (excluding diaryl/α,β-unsaturated/α-hetero) is 1. The van der Waals surface area contributed by atoms with Crippen LogP contribution in [0.4, 0.5) is 4.39 Å². The van der Waals surface area contributed by atoms with Crippen LogP contribution in [0.1, 0.15) is 73.1 Å². The van der Waals surface area contributed by atoms with Gasteiger partial charge >= 0.3 is 71.1 Å². The molecule has 0 radical (unpaired) electrons. The van der Waals surface area contributed by atoms with Crippen molar-refractivity contribution in [2.45, 2.75) is 90.5 Å². The number of halogens is 1. The van der Waals surface area contributed by atoms with Gasteiger partial charge in [0, 0.05) is 35.5 Å².